The molecule has 0 spiro atoms. The van der Waals surface area contributed by atoms with E-state index in [2.05, 4.69) is 4.98 Å². The number of fused-ring (bicyclic) bond motifs is 3. The van der Waals surface area contributed by atoms with Gasteiger partial charge in [0.05, 0.1) is 30.3 Å². The second-order valence-electron chi connectivity index (χ2n) is 7.85. The second-order valence-corrected chi connectivity index (χ2v) is 7.85. The fourth-order valence-corrected chi connectivity index (χ4v) is 4.02. The standard InChI is InChI=1S/C24H25N5O3/c1-27-13-14-28(24(27)30)12-5-15-32-23-20-16-25-21-7-4-3-6-19(21)22(20)26-29(23)17-8-10-18(31-2)11-9-17/h3-4,6-11,16H,5,12-15H2,1-2H3. The van der Waals surface area contributed by atoms with Crippen molar-refractivity contribution in [3.63, 3.8) is 0 Å². The van der Waals surface area contributed by atoms with E-state index in [1.807, 2.05) is 71.4 Å². The third-order valence-electron chi connectivity index (χ3n) is 5.80. The molecule has 32 heavy (non-hydrogen) atoms. The molecule has 0 bridgehead atoms. The number of hydrogen-bond acceptors (Lipinski definition) is 5. The number of likely N-dealkylation sites (N-methyl/N-ethyl adjacent to an activating group) is 1. The Hall–Kier alpha value is -3.81. The van der Waals surface area contributed by atoms with Gasteiger partial charge in [0, 0.05) is 38.3 Å². The fourth-order valence-electron chi connectivity index (χ4n) is 4.02. The zero-order chi connectivity index (χ0) is 22.1. The number of para-hydroxylation sites is 1. The first-order valence-electron chi connectivity index (χ1n) is 10.7. The molecule has 0 atom stereocenters. The topological polar surface area (TPSA) is 72.7 Å². The van der Waals surface area contributed by atoms with Crippen molar-refractivity contribution in [2.24, 2.45) is 0 Å². The fraction of sp³-hybridized carbons (Fsp3) is 0.292. The molecule has 0 radical (unpaired) electrons. The summed E-state index contributed by atoms with van der Waals surface area (Å²) in [7, 11) is 3.47. The maximum absolute atomic E-state index is 12.1. The van der Waals surface area contributed by atoms with Gasteiger partial charge in [0.2, 0.25) is 5.88 Å². The number of urea groups is 1. The molecule has 2 amide bonds. The van der Waals surface area contributed by atoms with Crippen LogP contribution >= 0.6 is 0 Å². The van der Waals surface area contributed by atoms with Crippen LogP contribution in [-0.4, -0.2) is 71.0 Å². The molecule has 2 aromatic heterocycles. The van der Waals surface area contributed by atoms with Crippen molar-refractivity contribution >= 4 is 27.8 Å². The number of carbonyl (C=O) groups excluding carboxylic acids is 1. The number of aromatic nitrogens is 3. The number of methoxy groups -OCH3 is 1. The van der Waals surface area contributed by atoms with E-state index in [0.29, 0.717) is 19.0 Å². The number of nitrogens with zero attached hydrogens (tertiary/aromatic N) is 5. The Balaban J connectivity index is 1.46. The number of pyridine rings is 1. The Morgan fingerprint density at radius 3 is 2.59 bits per heavy atom. The molecule has 0 saturated carbocycles. The van der Waals surface area contributed by atoms with E-state index in [1.54, 1.807) is 12.0 Å². The van der Waals surface area contributed by atoms with Crippen molar-refractivity contribution in [3.05, 3.63) is 54.7 Å². The molecule has 3 heterocycles. The minimum atomic E-state index is 0.0781. The Labute approximate surface area is 186 Å². The minimum absolute atomic E-state index is 0.0781. The second kappa shape index (κ2) is 8.37. The van der Waals surface area contributed by atoms with E-state index in [9.17, 15) is 4.79 Å². The lowest BCUT2D eigenvalue weighted by Crippen LogP contribution is -2.30. The molecule has 164 valence electrons. The summed E-state index contributed by atoms with van der Waals surface area (Å²) < 4.78 is 13.4. The van der Waals surface area contributed by atoms with Gasteiger partial charge in [-0.25, -0.2) is 4.79 Å². The number of ether oxygens (including phenoxy) is 2. The summed E-state index contributed by atoms with van der Waals surface area (Å²) >= 11 is 0. The Morgan fingerprint density at radius 2 is 1.84 bits per heavy atom. The van der Waals surface area contributed by atoms with Crippen LogP contribution in [0.4, 0.5) is 4.79 Å². The predicted molar refractivity (Wildman–Crippen MR) is 123 cm³/mol. The van der Waals surface area contributed by atoms with Gasteiger partial charge >= 0.3 is 6.03 Å². The van der Waals surface area contributed by atoms with Crippen molar-refractivity contribution in [3.8, 4) is 17.3 Å². The van der Waals surface area contributed by atoms with E-state index in [1.165, 1.54) is 0 Å². The SMILES string of the molecule is COc1ccc(-n2nc3c(cnc4ccccc43)c2OCCCN2CCN(C)C2=O)cc1. The van der Waals surface area contributed by atoms with E-state index in [-0.39, 0.29) is 6.03 Å². The predicted octanol–water partition coefficient (Wildman–Crippen LogP) is 3.72. The first-order valence-corrected chi connectivity index (χ1v) is 10.7. The third kappa shape index (κ3) is 3.57. The highest BCUT2D eigenvalue weighted by molar-refractivity contribution is 6.05. The third-order valence-corrected chi connectivity index (χ3v) is 5.80. The van der Waals surface area contributed by atoms with Gasteiger partial charge in [-0.15, -0.1) is 0 Å². The Kier molecular flexibility index (Phi) is 5.26. The van der Waals surface area contributed by atoms with Crippen LogP contribution in [0.3, 0.4) is 0 Å². The zero-order valence-electron chi connectivity index (χ0n) is 18.2. The van der Waals surface area contributed by atoms with Gasteiger partial charge < -0.3 is 19.3 Å². The molecule has 5 rings (SSSR count). The summed E-state index contributed by atoms with van der Waals surface area (Å²) in [6.07, 6.45) is 2.55. The monoisotopic (exact) mass is 431 g/mol. The summed E-state index contributed by atoms with van der Waals surface area (Å²) in [4.78, 5) is 20.3. The highest BCUT2D eigenvalue weighted by Gasteiger charge is 2.24. The first-order chi connectivity index (χ1) is 15.7. The number of hydrogen-bond donors (Lipinski definition) is 0. The molecule has 0 N–H and O–H groups in total. The highest BCUT2D eigenvalue weighted by atomic mass is 16.5. The largest absolute Gasteiger partial charge is 0.497 e. The lowest BCUT2D eigenvalue weighted by molar-refractivity contribution is 0.194. The minimum Gasteiger partial charge on any atom is -0.497 e. The normalized spacial score (nSPS) is 14.0. The van der Waals surface area contributed by atoms with E-state index in [4.69, 9.17) is 14.6 Å². The molecule has 8 nitrogen and oxygen atoms in total. The Bertz CT molecular complexity index is 1270. The summed E-state index contributed by atoms with van der Waals surface area (Å²) in [5.41, 5.74) is 2.61. The highest BCUT2D eigenvalue weighted by Crippen LogP contribution is 2.33. The Morgan fingerprint density at radius 1 is 1.03 bits per heavy atom. The average Bonchev–Trinajstić information content (AvgIpc) is 3.37. The van der Waals surface area contributed by atoms with E-state index >= 15 is 0 Å². The molecular formula is C24H25N5O3. The molecule has 8 heteroatoms. The number of carbonyl (C=O) groups is 1. The summed E-state index contributed by atoms with van der Waals surface area (Å²) in [5, 5.41) is 6.72. The van der Waals surface area contributed by atoms with Crippen LogP contribution in [0, 0.1) is 0 Å². The molecule has 0 unspecified atom stereocenters. The lowest BCUT2D eigenvalue weighted by atomic mass is 10.2. The van der Waals surface area contributed by atoms with Gasteiger partial charge in [-0.1, -0.05) is 18.2 Å². The maximum atomic E-state index is 12.1. The molecule has 1 aliphatic heterocycles. The quantitative estimate of drug-likeness (QED) is 0.417. The van der Waals surface area contributed by atoms with Crippen molar-refractivity contribution in [2.75, 3.05) is 40.4 Å². The van der Waals surface area contributed by atoms with Crippen molar-refractivity contribution in [1.82, 2.24) is 24.6 Å². The zero-order valence-corrected chi connectivity index (χ0v) is 18.2. The molecule has 2 aromatic carbocycles. The molecule has 4 aromatic rings. The van der Waals surface area contributed by atoms with E-state index < -0.39 is 0 Å². The summed E-state index contributed by atoms with van der Waals surface area (Å²) in [6, 6.07) is 15.7. The van der Waals surface area contributed by atoms with Crippen LogP contribution in [0.2, 0.25) is 0 Å². The van der Waals surface area contributed by atoms with Crippen molar-refractivity contribution in [1.29, 1.82) is 0 Å². The molecular weight excluding hydrogens is 406 g/mol. The van der Waals surface area contributed by atoms with Crippen LogP contribution < -0.4 is 9.47 Å². The van der Waals surface area contributed by atoms with Gasteiger partial charge in [0.1, 0.15) is 11.3 Å². The molecule has 1 aliphatic rings. The van der Waals surface area contributed by atoms with Gasteiger partial charge in [-0.2, -0.15) is 9.78 Å². The average molecular weight is 431 g/mol. The lowest BCUT2D eigenvalue weighted by Gasteiger charge is -2.16. The molecule has 1 saturated heterocycles. The van der Waals surface area contributed by atoms with Gasteiger partial charge in [-0.3, -0.25) is 4.98 Å². The van der Waals surface area contributed by atoms with Crippen LogP contribution in [0.15, 0.2) is 54.7 Å². The first kappa shape index (κ1) is 20.1. The van der Waals surface area contributed by atoms with Crippen LogP contribution in [0.5, 0.6) is 11.6 Å². The smallest absolute Gasteiger partial charge is 0.319 e. The number of benzene rings is 2. The van der Waals surface area contributed by atoms with Gasteiger partial charge in [-0.05, 0) is 36.8 Å². The number of amides is 2. The summed E-state index contributed by atoms with van der Waals surface area (Å²) in [5.74, 6) is 1.42. The number of rotatable bonds is 7. The van der Waals surface area contributed by atoms with Crippen LogP contribution in [0.25, 0.3) is 27.5 Å². The van der Waals surface area contributed by atoms with Crippen LogP contribution in [0.1, 0.15) is 6.42 Å². The molecule has 0 aliphatic carbocycles. The van der Waals surface area contributed by atoms with Gasteiger partial charge in [0.25, 0.3) is 0 Å². The summed E-state index contributed by atoms with van der Waals surface area (Å²) in [6.45, 7) is 2.67. The maximum Gasteiger partial charge on any atom is 0.319 e. The van der Waals surface area contributed by atoms with Crippen molar-refractivity contribution < 1.29 is 14.3 Å². The van der Waals surface area contributed by atoms with E-state index in [0.717, 1.165) is 52.8 Å². The van der Waals surface area contributed by atoms with Gasteiger partial charge in [0.15, 0.2) is 0 Å². The van der Waals surface area contributed by atoms with Crippen LogP contribution in [-0.2, 0) is 0 Å². The van der Waals surface area contributed by atoms with Crippen molar-refractivity contribution in [2.45, 2.75) is 6.42 Å². The molecule has 1 fully saturated rings.